The number of benzene rings is 1. The van der Waals surface area contributed by atoms with Crippen LogP contribution < -0.4 is 10.1 Å². The van der Waals surface area contributed by atoms with E-state index in [-0.39, 0.29) is 5.82 Å². The molecule has 2 nitrogen and oxygen atoms in total. The summed E-state index contributed by atoms with van der Waals surface area (Å²) in [5.41, 5.74) is 1.88. The van der Waals surface area contributed by atoms with E-state index >= 15 is 0 Å². The van der Waals surface area contributed by atoms with Gasteiger partial charge in [0, 0.05) is 24.7 Å². The van der Waals surface area contributed by atoms with Gasteiger partial charge in [0.2, 0.25) is 0 Å². The van der Waals surface area contributed by atoms with Gasteiger partial charge in [-0.3, -0.25) is 0 Å². The molecule has 4 heteroatoms. The Labute approximate surface area is 104 Å². The molecule has 1 N–H and O–H groups in total. The van der Waals surface area contributed by atoms with E-state index in [1.54, 1.807) is 23.5 Å². The maximum Gasteiger partial charge on any atom is 0.131 e. The van der Waals surface area contributed by atoms with E-state index < -0.39 is 0 Å². The van der Waals surface area contributed by atoms with Crippen molar-refractivity contribution in [1.82, 2.24) is 5.32 Å². The molecule has 0 bridgehead atoms. The van der Waals surface area contributed by atoms with E-state index in [1.165, 1.54) is 18.7 Å². The van der Waals surface area contributed by atoms with Gasteiger partial charge in [0.25, 0.3) is 0 Å². The molecule has 0 radical (unpaired) electrons. The van der Waals surface area contributed by atoms with E-state index in [9.17, 15) is 4.39 Å². The predicted molar refractivity (Wildman–Crippen MR) is 67.8 cm³/mol. The molecule has 90 valence electrons. The van der Waals surface area contributed by atoms with E-state index in [0.29, 0.717) is 17.9 Å². The van der Waals surface area contributed by atoms with Crippen molar-refractivity contribution >= 4 is 11.3 Å². The summed E-state index contributed by atoms with van der Waals surface area (Å²) < 4.78 is 18.5. The number of hydrogen-bond acceptors (Lipinski definition) is 3. The van der Waals surface area contributed by atoms with E-state index in [0.717, 1.165) is 6.54 Å². The number of nitrogens with one attached hydrogen (secondary N) is 1. The Morgan fingerprint density at radius 2 is 2.18 bits per heavy atom. The molecular weight excluding hydrogens is 237 g/mol. The minimum absolute atomic E-state index is 0.234. The summed E-state index contributed by atoms with van der Waals surface area (Å²) in [4.78, 5) is 0. The van der Waals surface area contributed by atoms with Gasteiger partial charge in [0.05, 0.1) is 7.11 Å². The van der Waals surface area contributed by atoms with Crippen molar-refractivity contribution in [2.75, 3.05) is 7.11 Å². The number of thiophene rings is 1. The minimum Gasteiger partial charge on any atom is -0.497 e. The Hall–Kier alpha value is -1.39. The van der Waals surface area contributed by atoms with Crippen molar-refractivity contribution in [2.24, 2.45) is 0 Å². The molecule has 1 heterocycles. The SMILES string of the molecule is COc1ccc(CNCc2ccsc2)c(F)c1. The summed E-state index contributed by atoms with van der Waals surface area (Å²) in [5, 5.41) is 7.32. The Morgan fingerprint density at radius 3 is 2.82 bits per heavy atom. The third-order valence-electron chi connectivity index (χ3n) is 2.48. The van der Waals surface area contributed by atoms with Crippen molar-refractivity contribution in [3.63, 3.8) is 0 Å². The highest BCUT2D eigenvalue weighted by atomic mass is 32.1. The van der Waals surface area contributed by atoms with Crippen LogP contribution in [0.25, 0.3) is 0 Å². The Balaban J connectivity index is 1.90. The smallest absolute Gasteiger partial charge is 0.131 e. The Bertz CT molecular complexity index is 470. The van der Waals surface area contributed by atoms with Crippen molar-refractivity contribution < 1.29 is 9.13 Å². The highest BCUT2D eigenvalue weighted by Crippen LogP contribution is 2.16. The highest BCUT2D eigenvalue weighted by Gasteiger charge is 2.03. The molecule has 2 aromatic rings. The van der Waals surface area contributed by atoms with Gasteiger partial charge in [-0.2, -0.15) is 11.3 Å². The molecule has 2 rings (SSSR count). The summed E-state index contributed by atoms with van der Waals surface area (Å²) >= 11 is 1.66. The molecule has 0 aliphatic rings. The zero-order valence-corrected chi connectivity index (χ0v) is 10.4. The van der Waals surface area contributed by atoms with Gasteiger partial charge < -0.3 is 10.1 Å². The average molecular weight is 251 g/mol. The maximum atomic E-state index is 13.6. The molecule has 0 unspecified atom stereocenters. The molecule has 0 aliphatic carbocycles. The lowest BCUT2D eigenvalue weighted by Gasteiger charge is -2.06. The first-order valence-electron chi connectivity index (χ1n) is 5.34. The largest absolute Gasteiger partial charge is 0.497 e. The number of halogens is 1. The number of hydrogen-bond donors (Lipinski definition) is 1. The van der Waals surface area contributed by atoms with Crippen LogP contribution in [0.4, 0.5) is 4.39 Å². The monoisotopic (exact) mass is 251 g/mol. The molecule has 0 fully saturated rings. The second-order valence-corrected chi connectivity index (χ2v) is 4.47. The van der Waals surface area contributed by atoms with Crippen LogP contribution in [0.1, 0.15) is 11.1 Å². The van der Waals surface area contributed by atoms with Crippen molar-refractivity contribution in [3.8, 4) is 5.75 Å². The Morgan fingerprint density at radius 1 is 1.29 bits per heavy atom. The lowest BCUT2D eigenvalue weighted by Crippen LogP contribution is -2.13. The normalized spacial score (nSPS) is 10.5. The second-order valence-electron chi connectivity index (χ2n) is 3.69. The van der Waals surface area contributed by atoms with Gasteiger partial charge in [0.15, 0.2) is 0 Å². The van der Waals surface area contributed by atoms with Crippen molar-refractivity contribution in [1.29, 1.82) is 0 Å². The fourth-order valence-corrected chi connectivity index (χ4v) is 2.20. The summed E-state index contributed by atoms with van der Waals surface area (Å²) in [7, 11) is 1.53. The van der Waals surface area contributed by atoms with E-state index in [1.807, 2.05) is 5.38 Å². The van der Waals surface area contributed by atoms with Crippen LogP contribution in [0.5, 0.6) is 5.75 Å². The van der Waals surface area contributed by atoms with Crippen LogP contribution in [0.2, 0.25) is 0 Å². The molecule has 0 aliphatic heterocycles. The van der Waals surface area contributed by atoms with Crippen LogP contribution in [0.15, 0.2) is 35.0 Å². The van der Waals surface area contributed by atoms with Gasteiger partial charge in [-0.15, -0.1) is 0 Å². The molecule has 0 amide bonds. The van der Waals surface area contributed by atoms with Crippen molar-refractivity contribution in [3.05, 3.63) is 52.0 Å². The first-order valence-corrected chi connectivity index (χ1v) is 6.28. The van der Waals surface area contributed by atoms with Crippen LogP contribution >= 0.6 is 11.3 Å². The average Bonchev–Trinajstić information content (AvgIpc) is 2.84. The van der Waals surface area contributed by atoms with Crippen LogP contribution in [-0.4, -0.2) is 7.11 Å². The third kappa shape index (κ3) is 3.28. The molecule has 0 spiro atoms. The summed E-state index contributed by atoms with van der Waals surface area (Å²) in [6.07, 6.45) is 0. The maximum absolute atomic E-state index is 13.6. The first-order chi connectivity index (χ1) is 8.29. The quantitative estimate of drug-likeness (QED) is 0.881. The Kier molecular flexibility index (Phi) is 4.12. The van der Waals surface area contributed by atoms with Gasteiger partial charge in [-0.1, -0.05) is 6.07 Å². The van der Waals surface area contributed by atoms with E-state index in [4.69, 9.17) is 4.74 Å². The van der Waals surface area contributed by atoms with Gasteiger partial charge in [-0.25, -0.2) is 4.39 Å². The molecular formula is C13H14FNOS. The molecule has 17 heavy (non-hydrogen) atoms. The summed E-state index contributed by atoms with van der Waals surface area (Å²) in [6.45, 7) is 1.28. The molecule has 0 saturated carbocycles. The summed E-state index contributed by atoms with van der Waals surface area (Å²) in [5.74, 6) is 0.311. The lowest BCUT2D eigenvalue weighted by molar-refractivity contribution is 0.410. The van der Waals surface area contributed by atoms with Gasteiger partial charge >= 0.3 is 0 Å². The molecule has 0 atom stereocenters. The fraction of sp³-hybridized carbons (Fsp3) is 0.231. The minimum atomic E-state index is -0.234. The molecule has 1 aromatic heterocycles. The lowest BCUT2D eigenvalue weighted by atomic mass is 10.2. The van der Waals surface area contributed by atoms with Gasteiger partial charge in [-0.05, 0) is 28.5 Å². The molecule has 0 saturated heterocycles. The topological polar surface area (TPSA) is 21.3 Å². The number of ether oxygens (including phenoxy) is 1. The standard InChI is InChI=1S/C13H14FNOS/c1-16-12-3-2-11(13(14)6-12)8-15-7-10-4-5-17-9-10/h2-6,9,15H,7-8H2,1H3. The van der Waals surface area contributed by atoms with Crippen LogP contribution in [-0.2, 0) is 13.1 Å². The first kappa shape index (κ1) is 12.1. The predicted octanol–water partition coefficient (Wildman–Crippen LogP) is 3.19. The third-order valence-corrected chi connectivity index (χ3v) is 3.22. The van der Waals surface area contributed by atoms with Crippen LogP contribution in [0.3, 0.4) is 0 Å². The number of rotatable bonds is 5. The fourth-order valence-electron chi connectivity index (χ4n) is 1.53. The molecule has 1 aromatic carbocycles. The zero-order chi connectivity index (χ0) is 12.1. The zero-order valence-electron chi connectivity index (χ0n) is 9.57. The second kappa shape index (κ2) is 5.80. The van der Waals surface area contributed by atoms with Gasteiger partial charge in [0.1, 0.15) is 11.6 Å². The van der Waals surface area contributed by atoms with E-state index in [2.05, 4.69) is 16.8 Å². The number of methoxy groups -OCH3 is 1. The van der Waals surface area contributed by atoms with Crippen LogP contribution in [0, 0.1) is 5.82 Å². The highest BCUT2D eigenvalue weighted by molar-refractivity contribution is 7.07. The summed E-state index contributed by atoms with van der Waals surface area (Å²) in [6, 6.07) is 6.98. The van der Waals surface area contributed by atoms with Crippen molar-refractivity contribution in [2.45, 2.75) is 13.1 Å².